The number of nitrogen functional groups attached to an aromatic ring is 1. The van der Waals surface area contributed by atoms with Crippen molar-refractivity contribution in [1.29, 1.82) is 0 Å². The first-order chi connectivity index (χ1) is 8.60. The summed E-state index contributed by atoms with van der Waals surface area (Å²) < 4.78 is 0. The van der Waals surface area contributed by atoms with Gasteiger partial charge < -0.3 is 10.7 Å². The molecule has 0 fully saturated rings. The van der Waals surface area contributed by atoms with Crippen LogP contribution in [0.15, 0.2) is 18.3 Å². The third kappa shape index (κ3) is 3.20. The Morgan fingerprint density at radius 1 is 1.33 bits per heavy atom. The van der Waals surface area contributed by atoms with Crippen molar-refractivity contribution in [3.05, 3.63) is 23.9 Å². The van der Waals surface area contributed by atoms with Gasteiger partial charge in [-0.25, -0.2) is 10.8 Å². The summed E-state index contributed by atoms with van der Waals surface area (Å²) in [6.45, 7) is 6.27. The number of anilines is 1. The molecule has 5 heteroatoms. The average Bonchev–Trinajstić information content (AvgIpc) is 2.44. The third-order valence-electron chi connectivity index (χ3n) is 3.58. The van der Waals surface area contributed by atoms with Crippen molar-refractivity contribution in [2.45, 2.75) is 45.6 Å². The molecule has 100 valence electrons. The fourth-order valence-corrected chi connectivity index (χ4v) is 1.98. The van der Waals surface area contributed by atoms with Crippen LogP contribution in [0.3, 0.4) is 0 Å². The lowest BCUT2D eigenvalue weighted by molar-refractivity contribution is 0.0888. The van der Waals surface area contributed by atoms with Crippen LogP contribution in [0, 0.1) is 0 Å². The number of pyridine rings is 1. The molecule has 0 bridgehead atoms. The van der Waals surface area contributed by atoms with Gasteiger partial charge in [0.2, 0.25) is 0 Å². The molecule has 1 aromatic heterocycles. The predicted molar refractivity (Wildman–Crippen MR) is 73.1 cm³/mol. The zero-order valence-electron chi connectivity index (χ0n) is 11.3. The van der Waals surface area contributed by atoms with Crippen molar-refractivity contribution >= 4 is 11.7 Å². The molecule has 0 spiro atoms. The normalized spacial score (nSPS) is 11.1. The quantitative estimate of drug-likeness (QED) is 0.533. The van der Waals surface area contributed by atoms with Gasteiger partial charge >= 0.3 is 0 Å². The highest BCUT2D eigenvalue weighted by atomic mass is 16.1. The highest BCUT2D eigenvalue weighted by molar-refractivity contribution is 5.95. The topological polar surface area (TPSA) is 80.0 Å². The summed E-state index contributed by atoms with van der Waals surface area (Å²) in [6.07, 6.45) is 4.31. The van der Waals surface area contributed by atoms with Crippen LogP contribution in [0.4, 0.5) is 5.82 Å². The Balaban J connectivity index is 2.86. The molecule has 0 unspecified atom stereocenters. The number of carbonyl (C=O) groups excluding carboxylic acids is 1. The number of hydrazine groups is 1. The molecule has 4 N–H and O–H groups in total. The van der Waals surface area contributed by atoms with E-state index >= 15 is 0 Å². The van der Waals surface area contributed by atoms with Gasteiger partial charge in [-0.15, -0.1) is 0 Å². The summed E-state index contributed by atoms with van der Waals surface area (Å²) in [5, 5.41) is 3.11. The second kappa shape index (κ2) is 6.35. The average molecular weight is 250 g/mol. The molecule has 1 amide bonds. The Labute approximate surface area is 108 Å². The van der Waals surface area contributed by atoms with E-state index in [1.807, 2.05) is 0 Å². The summed E-state index contributed by atoms with van der Waals surface area (Å²) in [6, 6.07) is 3.32. The van der Waals surface area contributed by atoms with E-state index in [1.165, 1.54) is 0 Å². The molecule has 0 aliphatic carbocycles. The molecule has 0 radical (unpaired) electrons. The number of nitrogens with zero attached hydrogens (tertiary/aromatic N) is 1. The van der Waals surface area contributed by atoms with E-state index in [0.717, 1.165) is 19.3 Å². The minimum absolute atomic E-state index is 0.0838. The van der Waals surface area contributed by atoms with Gasteiger partial charge in [-0.3, -0.25) is 4.79 Å². The molecule has 0 aliphatic rings. The monoisotopic (exact) mass is 250 g/mol. The lowest BCUT2D eigenvalue weighted by Gasteiger charge is -2.31. The molecule has 18 heavy (non-hydrogen) atoms. The molecule has 0 atom stereocenters. The van der Waals surface area contributed by atoms with Crippen molar-refractivity contribution in [2.24, 2.45) is 5.84 Å². The largest absolute Gasteiger partial charge is 0.347 e. The first-order valence-corrected chi connectivity index (χ1v) is 6.36. The summed E-state index contributed by atoms with van der Waals surface area (Å²) in [4.78, 5) is 16.2. The highest BCUT2D eigenvalue weighted by Gasteiger charge is 2.26. The first kappa shape index (κ1) is 14.4. The van der Waals surface area contributed by atoms with E-state index in [4.69, 9.17) is 5.84 Å². The zero-order chi connectivity index (χ0) is 13.6. The number of hydrogen-bond acceptors (Lipinski definition) is 4. The predicted octanol–water partition coefficient (Wildman–Crippen LogP) is 2.07. The van der Waals surface area contributed by atoms with Crippen molar-refractivity contribution in [3.63, 3.8) is 0 Å². The zero-order valence-corrected chi connectivity index (χ0v) is 11.3. The van der Waals surface area contributed by atoms with Gasteiger partial charge in [-0.05, 0) is 31.4 Å². The first-order valence-electron chi connectivity index (χ1n) is 6.36. The van der Waals surface area contributed by atoms with Crippen LogP contribution < -0.4 is 16.6 Å². The lowest BCUT2D eigenvalue weighted by atomic mass is 9.89. The molecule has 0 saturated heterocycles. The summed E-state index contributed by atoms with van der Waals surface area (Å²) in [5.74, 6) is 5.68. The molecule has 0 aromatic carbocycles. The van der Waals surface area contributed by atoms with Crippen molar-refractivity contribution in [3.8, 4) is 0 Å². The smallest absolute Gasteiger partial charge is 0.251 e. The van der Waals surface area contributed by atoms with E-state index < -0.39 is 0 Å². The van der Waals surface area contributed by atoms with Gasteiger partial charge in [0.1, 0.15) is 5.82 Å². The van der Waals surface area contributed by atoms with Crippen LogP contribution in [0.5, 0.6) is 0 Å². The van der Waals surface area contributed by atoms with E-state index in [-0.39, 0.29) is 11.4 Å². The summed E-state index contributed by atoms with van der Waals surface area (Å²) >= 11 is 0. The number of aromatic nitrogens is 1. The van der Waals surface area contributed by atoms with Crippen LogP contribution >= 0.6 is 0 Å². The third-order valence-corrected chi connectivity index (χ3v) is 3.58. The van der Waals surface area contributed by atoms with Gasteiger partial charge in [-0.2, -0.15) is 0 Å². The Hall–Kier alpha value is -1.62. The molecular formula is C13H22N4O. The second-order valence-corrected chi connectivity index (χ2v) is 4.37. The van der Waals surface area contributed by atoms with Crippen LogP contribution in [0.2, 0.25) is 0 Å². The Kier molecular flexibility index (Phi) is 5.09. The van der Waals surface area contributed by atoms with Gasteiger partial charge in [0, 0.05) is 17.3 Å². The van der Waals surface area contributed by atoms with E-state index in [2.05, 4.69) is 36.5 Å². The van der Waals surface area contributed by atoms with Gasteiger partial charge in [0.15, 0.2) is 0 Å². The number of carbonyl (C=O) groups is 1. The van der Waals surface area contributed by atoms with Crippen molar-refractivity contribution < 1.29 is 4.79 Å². The summed E-state index contributed by atoms with van der Waals surface area (Å²) in [5.41, 5.74) is 2.87. The van der Waals surface area contributed by atoms with Crippen LogP contribution in [0.1, 0.15) is 50.4 Å². The van der Waals surface area contributed by atoms with Crippen LogP contribution in [0.25, 0.3) is 0 Å². The van der Waals surface area contributed by atoms with Gasteiger partial charge in [0.25, 0.3) is 5.91 Å². The van der Waals surface area contributed by atoms with Gasteiger partial charge in [0.05, 0.1) is 0 Å². The molecule has 5 nitrogen and oxygen atoms in total. The second-order valence-electron chi connectivity index (χ2n) is 4.37. The maximum Gasteiger partial charge on any atom is 0.251 e. The fraction of sp³-hybridized carbons (Fsp3) is 0.538. The Morgan fingerprint density at radius 2 is 1.94 bits per heavy atom. The van der Waals surface area contributed by atoms with E-state index in [0.29, 0.717) is 11.4 Å². The highest BCUT2D eigenvalue weighted by Crippen LogP contribution is 2.20. The number of hydrogen-bond donors (Lipinski definition) is 3. The maximum absolute atomic E-state index is 12.2. The number of amides is 1. The Morgan fingerprint density at radius 3 is 2.44 bits per heavy atom. The molecule has 0 saturated carbocycles. The van der Waals surface area contributed by atoms with Crippen LogP contribution in [-0.2, 0) is 0 Å². The van der Waals surface area contributed by atoms with Crippen molar-refractivity contribution in [1.82, 2.24) is 10.3 Å². The number of rotatable bonds is 6. The SMILES string of the molecule is CCC(CC)(CC)NC(=O)c1ccnc(NN)c1. The molecule has 0 aliphatic heterocycles. The van der Waals surface area contributed by atoms with Crippen LogP contribution in [-0.4, -0.2) is 16.4 Å². The lowest BCUT2D eigenvalue weighted by Crippen LogP contribution is -2.47. The van der Waals surface area contributed by atoms with E-state index in [9.17, 15) is 4.79 Å². The number of nitrogens with two attached hydrogens (primary N) is 1. The summed E-state index contributed by atoms with van der Waals surface area (Å²) in [7, 11) is 0. The Bertz CT molecular complexity index is 393. The standard InChI is InChI=1S/C13H22N4O/c1-4-13(5-2,6-3)16-12(18)10-7-8-15-11(9-10)17-14/h7-9H,4-6,14H2,1-3H3,(H,15,17)(H,16,18). The molecular weight excluding hydrogens is 228 g/mol. The maximum atomic E-state index is 12.2. The molecule has 1 rings (SSSR count). The van der Waals surface area contributed by atoms with E-state index in [1.54, 1.807) is 18.3 Å². The van der Waals surface area contributed by atoms with Crippen molar-refractivity contribution in [2.75, 3.05) is 5.43 Å². The molecule has 1 heterocycles. The minimum Gasteiger partial charge on any atom is -0.347 e. The van der Waals surface area contributed by atoms with Gasteiger partial charge in [-0.1, -0.05) is 20.8 Å². The number of nitrogens with one attached hydrogen (secondary N) is 2. The minimum atomic E-state index is -0.128. The molecule has 1 aromatic rings. The fourth-order valence-electron chi connectivity index (χ4n) is 1.98.